The van der Waals surface area contributed by atoms with Gasteiger partial charge in [-0.3, -0.25) is 9.69 Å². The summed E-state index contributed by atoms with van der Waals surface area (Å²) in [5.41, 5.74) is 2.32. The summed E-state index contributed by atoms with van der Waals surface area (Å²) >= 11 is 1.49. The molecule has 0 unspecified atom stereocenters. The number of piperazine rings is 1. The maximum absolute atomic E-state index is 12.6. The van der Waals surface area contributed by atoms with E-state index in [1.807, 2.05) is 41.8 Å². The zero-order chi connectivity index (χ0) is 24.0. The Balaban J connectivity index is 1.30. The summed E-state index contributed by atoms with van der Waals surface area (Å²) in [7, 11) is -3.64. The number of thiophene rings is 1. The lowest BCUT2D eigenvalue weighted by molar-refractivity contribution is 0.102. The van der Waals surface area contributed by atoms with Gasteiger partial charge in [-0.2, -0.15) is 0 Å². The van der Waals surface area contributed by atoms with Crippen LogP contribution in [0, 0.1) is 0 Å². The van der Waals surface area contributed by atoms with Gasteiger partial charge in [0.2, 0.25) is 10.0 Å². The summed E-state index contributed by atoms with van der Waals surface area (Å²) in [6.07, 6.45) is 0. The minimum atomic E-state index is -3.64. The molecule has 0 radical (unpaired) electrons. The molecule has 0 saturated carbocycles. The molecule has 2 heterocycles. The first-order valence-electron chi connectivity index (χ1n) is 11.4. The van der Waals surface area contributed by atoms with Gasteiger partial charge in [0, 0.05) is 55.4 Å². The lowest BCUT2D eigenvalue weighted by Gasteiger charge is -2.34. The van der Waals surface area contributed by atoms with Crippen molar-refractivity contribution in [3.63, 3.8) is 0 Å². The third-order valence-corrected chi connectivity index (χ3v) is 8.27. The number of sulfonamides is 1. The normalized spacial score (nSPS) is 15.3. The van der Waals surface area contributed by atoms with E-state index in [1.54, 1.807) is 0 Å². The average molecular weight is 499 g/mol. The van der Waals surface area contributed by atoms with Crippen LogP contribution in [0.3, 0.4) is 0 Å². The fourth-order valence-electron chi connectivity index (χ4n) is 3.87. The van der Waals surface area contributed by atoms with Crippen molar-refractivity contribution in [2.75, 3.05) is 38.0 Å². The molecule has 0 aliphatic carbocycles. The molecule has 3 aromatic rings. The zero-order valence-electron chi connectivity index (χ0n) is 19.2. The lowest BCUT2D eigenvalue weighted by atomic mass is 10.1. The smallest absolute Gasteiger partial charge is 0.255 e. The van der Waals surface area contributed by atoms with E-state index in [-0.39, 0.29) is 17.3 Å². The van der Waals surface area contributed by atoms with E-state index < -0.39 is 10.0 Å². The van der Waals surface area contributed by atoms with Crippen LogP contribution in [0.25, 0.3) is 0 Å². The van der Waals surface area contributed by atoms with Crippen LogP contribution in [0.1, 0.15) is 27.7 Å². The van der Waals surface area contributed by atoms with Crippen LogP contribution in [0.2, 0.25) is 0 Å². The van der Waals surface area contributed by atoms with Crippen LogP contribution in [-0.2, 0) is 23.1 Å². The molecule has 2 aromatic carbocycles. The molecule has 1 amide bonds. The number of nitrogens with one attached hydrogen (secondary N) is 2. The Morgan fingerprint density at radius 1 is 0.941 bits per heavy atom. The second-order valence-electron chi connectivity index (χ2n) is 8.29. The number of amides is 1. The monoisotopic (exact) mass is 498 g/mol. The summed E-state index contributed by atoms with van der Waals surface area (Å²) in [6, 6.07) is 17.6. The van der Waals surface area contributed by atoms with Crippen LogP contribution >= 0.6 is 11.3 Å². The van der Waals surface area contributed by atoms with Gasteiger partial charge in [0.25, 0.3) is 5.91 Å². The van der Waals surface area contributed by atoms with Gasteiger partial charge in [-0.15, -0.1) is 11.3 Å². The first-order valence-corrected chi connectivity index (χ1v) is 13.8. The molecule has 4 rings (SSSR count). The molecule has 1 aliphatic heterocycles. The van der Waals surface area contributed by atoms with E-state index in [9.17, 15) is 13.2 Å². The van der Waals surface area contributed by atoms with Gasteiger partial charge in [0.1, 0.15) is 0 Å². The SMILES string of the molecule is CCN1CCN(Cc2ccc(NC(=O)c3ccc(S(=O)(=O)NCc4cccs4)cc3)cc2)CC1. The van der Waals surface area contributed by atoms with Crippen LogP contribution in [-0.4, -0.2) is 56.8 Å². The van der Waals surface area contributed by atoms with E-state index in [1.165, 1.54) is 41.2 Å². The quantitative estimate of drug-likeness (QED) is 0.471. The van der Waals surface area contributed by atoms with Gasteiger partial charge in [-0.25, -0.2) is 13.1 Å². The van der Waals surface area contributed by atoms with Gasteiger partial charge in [-0.05, 0) is 60.0 Å². The van der Waals surface area contributed by atoms with E-state index in [0.29, 0.717) is 11.3 Å². The van der Waals surface area contributed by atoms with Crippen molar-refractivity contribution in [1.29, 1.82) is 0 Å². The Morgan fingerprint density at radius 3 is 2.24 bits per heavy atom. The zero-order valence-corrected chi connectivity index (χ0v) is 20.9. The first-order chi connectivity index (χ1) is 16.4. The Bertz CT molecular complexity index is 1170. The summed E-state index contributed by atoms with van der Waals surface area (Å²) < 4.78 is 27.6. The molecular weight excluding hydrogens is 468 g/mol. The summed E-state index contributed by atoms with van der Waals surface area (Å²) in [4.78, 5) is 18.6. The maximum Gasteiger partial charge on any atom is 0.255 e. The number of carbonyl (C=O) groups excluding carboxylic acids is 1. The van der Waals surface area contributed by atoms with Gasteiger partial charge in [0.15, 0.2) is 0 Å². The van der Waals surface area contributed by atoms with E-state index in [0.717, 1.165) is 44.1 Å². The van der Waals surface area contributed by atoms with Crippen molar-refractivity contribution in [3.05, 3.63) is 82.0 Å². The molecule has 180 valence electrons. The number of anilines is 1. The lowest BCUT2D eigenvalue weighted by Crippen LogP contribution is -2.45. The predicted molar refractivity (Wildman–Crippen MR) is 137 cm³/mol. The number of carbonyl (C=O) groups is 1. The Hall–Kier alpha value is -2.56. The van der Waals surface area contributed by atoms with Crippen molar-refractivity contribution < 1.29 is 13.2 Å². The Morgan fingerprint density at radius 2 is 1.62 bits per heavy atom. The first kappa shape index (κ1) is 24.6. The molecule has 2 N–H and O–H groups in total. The minimum absolute atomic E-state index is 0.129. The predicted octanol–water partition coefficient (Wildman–Crippen LogP) is 3.62. The van der Waals surface area contributed by atoms with Crippen molar-refractivity contribution >= 4 is 33.0 Å². The average Bonchev–Trinajstić information content (AvgIpc) is 3.38. The highest BCUT2D eigenvalue weighted by atomic mass is 32.2. The number of likely N-dealkylation sites (N-methyl/N-ethyl adjacent to an activating group) is 1. The van der Waals surface area contributed by atoms with Gasteiger partial charge in [0.05, 0.1) is 4.90 Å². The molecule has 0 bridgehead atoms. The van der Waals surface area contributed by atoms with Gasteiger partial charge in [-0.1, -0.05) is 25.1 Å². The van der Waals surface area contributed by atoms with Crippen LogP contribution in [0.4, 0.5) is 5.69 Å². The largest absolute Gasteiger partial charge is 0.322 e. The molecule has 1 saturated heterocycles. The summed E-state index contributed by atoms with van der Waals surface area (Å²) in [6.45, 7) is 8.81. The molecule has 1 aromatic heterocycles. The molecule has 9 heteroatoms. The topological polar surface area (TPSA) is 81.8 Å². The molecule has 1 aliphatic rings. The standard InChI is InChI=1S/C25H30N4O3S2/c1-2-28-13-15-29(16-14-28)19-20-5-9-22(10-6-20)27-25(30)21-7-11-24(12-8-21)34(31,32)26-18-23-4-3-17-33-23/h3-12,17,26H,2,13-16,18-19H2,1H3,(H,27,30). The minimum Gasteiger partial charge on any atom is -0.322 e. The molecule has 0 atom stereocenters. The van der Waals surface area contributed by atoms with Crippen molar-refractivity contribution in [2.24, 2.45) is 0 Å². The van der Waals surface area contributed by atoms with Gasteiger partial charge >= 0.3 is 0 Å². The fraction of sp³-hybridized carbons (Fsp3) is 0.320. The van der Waals surface area contributed by atoms with Gasteiger partial charge < -0.3 is 10.2 Å². The highest BCUT2D eigenvalue weighted by molar-refractivity contribution is 7.89. The molecule has 0 spiro atoms. The summed E-state index contributed by atoms with van der Waals surface area (Å²) in [5, 5.41) is 4.78. The second kappa shape index (κ2) is 11.2. The molecule has 34 heavy (non-hydrogen) atoms. The number of hydrogen-bond donors (Lipinski definition) is 2. The van der Waals surface area contributed by atoms with Crippen LogP contribution in [0.15, 0.2) is 70.9 Å². The van der Waals surface area contributed by atoms with Crippen LogP contribution < -0.4 is 10.0 Å². The summed E-state index contributed by atoms with van der Waals surface area (Å²) in [5.74, 6) is -0.279. The van der Waals surface area contributed by atoms with Crippen LogP contribution in [0.5, 0.6) is 0 Å². The molecular formula is C25H30N4O3S2. The number of rotatable bonds is 9. The van der Waals surface area contributed by atoms with Crippen molar-refractivity contribution in [2.45, 2.75) is 24.9 Å². The molecule has 1 fully saturated rings. The number of benzene rings is 2. The maximum atomic E-state index is 12.6. The third-order valence-electron chi connectivity index (χ3n) is 5.97. The third kappa shape index (κ3) is 6.52. The van der Waals surface area contributed by atoms with Crippen molar-refractivity contribution in [1.82, 2.24) is 14.5 Å². The Labute approximate surface area is 205 Å². The van der Waals surface area contributed by atoms with E-state index in [4.69, 9.17) is 0 Å². The van der Waals surface area contributed by atoms with Crippen molar-refractivity contribution in [3.8, 4) is 0 Å². The Kier molecular flexibility index (Phi) is 8.12. The van der Waals surface area contributed by atoms with E-state index in [2.05, 4.69) is 26.8 Å². The number of hydrogen-bond acceptors (Lipinski definition) is 6. The highest BCUT2D eigenvalue weighted by Gasteiger charge is 2.17. The highest BCUT2D eigenvalue weighted by Crippen LogP contribution is 2.16. The second-order valence-corrected chi connectivity index (χ2v) is 11.1. The fourth-order valence-corrected chi connectivity index (χ4v) is 5.61. The van der Waals surface area contributed by atoms with E-state index >= 15 is 0 Å². The molecule has 7 nitrogen and oxygen atoms in total. The number of nitrogens with zero attached hydrogens (tertiary/aromatic N) is 2.